The van der Waals surface area contributed by atoms with Crippen molar-refractivity contribution in [3.05, 3.63) is 29.6 Å². The van der Waals surface area contributed by atoms with Gasteiger partial charge < -0.3 is 9.80 Å². The van der Waals surface area contributed by atoms with E-state index in [2.05, 4.69) is 9.88 Å². The second kappa shape index (κ2) is 8.06. The molecular weight excluding hydrogens is 292 g/mol. The maximum atomic E-state index is 12.5. The molecule has 1 aliphatic rings. The predicted molar refractivity (Wildman–Crippen MR) is 89.2 cm³/mol. The van der Waals surface area contributed by atoms with Crippen LogP contribution in [0.1, 0.15) is 30.0 Å². The van der Waals surface area contributed by atoms with Crippen LogP contribution in [0, 0.1) is 6.92 Å². The second-order valence-electron chi connectivity index (χ2n) is 5.80. The van der Waals surface area contributed by atoms with Crippen LogP contribution in [-0.2, 0) is 4.79 Å². The Morgan fingerprint density at radius 3 is 2.35 bits per heavy atom. The number of aromatic nitrogens is 1. The van der Waals surface area contributed by atoms with E-state index in [9.17, 15) is 9.59 Å². The molecule has 1 aliphatic heterocycles. The first-order valence-corrected chi connectivity index (χ1v) is 8.28. The van der Waals surface area contributed by atoms with E-state index in [0.29, 0.717) is 25.3 Å². The van der Waals surface area contributed by atoms with Gasteiger partial charge in [-0.15, -0.1) is 0 Å². The second-order valence-corrected chi connectivity index (χ2v) is 5.80. The molecule has 0 radical (unpaired) electrons. The van der Waals surface area contributed by atoms with Gasteiger partial charge in [-0.2, -0.15) is 0 Å². The molecule has 2 heterocycles. The van der Waals surface area contributed by atoms with E-state index in [0.717, 1.165) is 31.9 Å². The maximum absolute atomic E-state index is 12.5. The number of pyridine rings is 1. The summed E-state index contributed by atoms with van der Waals surface area (Å²) >= 11 is 0. The Morgan fingerprint density at radius 1 is 1.13 bits per heavy atom. The average molecular weight is 318 g/mol. The first-order valence-electron chi connectivity index (χ1n) is 8.28. The summed E-state index contributed by atoms with van der Waals surface area (Å²) in [5.41, 5.74) is 1.34. The number of carbonyl (C=O) groups excluding carboxylic acids is 2. The SMILES string of the molecule is CCN(CC)C(=O)CN1CCN(C(=O)c2cccc(C)n2)CC1. The fourth-order valence-electron chi connectivity index (χ4n) is 2.80. The van der Waals surface area contributed by atoms with E-state index in [1.807, 2.05) is 42.7 Å². The summed E-state index contributed by atoms with van der Waals surface area (Å²) < 4.78 is 0. The van der Waals surface area contributed by atoms with Gasteiger partial charge in [0, 0.05) is 45.0 Å². The van der Waals surface area contributed by atoms with Crippen molar-refractivity contribution in [1.29, 1.82) is 0 Å². The number of hydrogen-bond donors (Lipinski definition) is 0. The van der Waals surface area contributed by atoms with Crippen LogP contribution in [0.15, 0.2) is 18.2 Å². The monoisotopic (exact) mass is 318 g/mol. The van der Waals surface area contributed by atoms with Crippen molar-refractivity contribution in [3.8, 4) is 0 Å². The number of rotatable bonds is 5. The molecule has 1 aromatic heterocycles. The molecule has 0 aromatic carbocycles. The van der Waals surface area contributed by atoms with Gasteiger partial charge in [0.1, 0.15) is 5.69 Å². The van der Waals surface area contributed by atoms with Gasteiger partial charge in [-0.1, -0.05) is 6.07 Å². The van der Waals surface area contributed by atoms with Crippen molar-refractivity contribution in [2.24, 2.45) is 0 Å². The number of carbonyl (C=O) groups is 2. The van der Waals surface area contributed by atoms with Crippen LogP contribution < -0.4 is 0 Å². The van der Waals surface area contributed by atoms with E-state index >= 15 is 0 Å². The lowest BCUT2D eigenvalue weighted by molar-refractivity contribution is -0.132. The molecule has 0 atom stereocenters. The quantitative estimate of drug-likeness (QED) is 0.813. The molecular formula is C17H26N4O2. The third kappa shape index (κ3) is 4.51. The summed E-state index contributed by atoms with van der Waals surface area (Å²) in [4.78, 5) is 34.7. The molecule has 0 aliphatic carbocycles. The van der Waals surface area contributed by atoms with Crippen LogP contribution in [0.4, 0.5) is 0 Å². The number of amides is 2. The van der Waals surface area contributed by atoms with Gasteiger partial charge in [0.2, 0.25) is 5.91 Å². The topological polar surface area (TPSA) is 56.8 Å². The molecule has 0 spiro atoms. The highest BCUT2D eigenvalue weighted by Crippen LogP contribution is 2.08. The third-order valence-corrected chi connectivity index (χ3v) is 4.24. The zero-order chi connectivity index (χ0) is 16.8. The van der Waals surface area contributed by atoms with E-state index in [4.69, 9.17) is 0 Å². The van der Waals surface area contributed by atoms with Crippen LogP contribution in [0.3, 0.4) is 0 Å². The van der Waals surface area contributed by atoms with Gasteiger partial charge in [-0.25, -0.2) is 4.98 Å². The highest BCUT2D eigenvalue weighted by atomic mass is 16.2. The molecule has 0 N–H and O–H groups in total. The molecule has 1 aromatic rings. The zero-order valence-electron chi connectivity index (χ0n) is 14.3. The largest absolute Gasteiger partial charge is 0.342 e. The summed E-state index contributed by atoms with van der Waals surface area (Å²) in [7, 11) is 0. The molecule has 1 saturated heterocycles. The predicted octanol–water partition coefficient (Wildman–Crippen LogP) is 1.02. The van der Waals surface area contributed by atoms with Crippen LogP contribution in [-0.4, -0.2) is 77.3 Å². The fraction of sp³-hybridized carbons (Fsp3) is 0.588. The summed E-state index contributed by atoms with van der Waals surface area (Å²) in [6, 6.07) is 5.49. The first-order chi connectivity index (χ1) is 11.0. The van der Waals surface area contributed by atoms with Crippen LogP contribution in [0.5, 0.6) is 0 Å². The van der Waals surface area contributed by atoms with Crippen molar-refractivity contribution >= 4 is 11.8 Å². The van der Waals surface area contributed by atoms with Crippen LogP contribution in [0.25, 0.3) is 0 Å². The van der Waals surface area contributed by atoms with Gasteiger partial charge in [0.15, 0.2) is 0 Å². The molecule has 2 rings (SSSR count). The number of piperazine rings is 1. The van der Waals surface area contributed by atoms with Gasteiger partial charge in [-0.3, -0.25) is 14.5 Å². The van der Waals surface area contributed by atoms with E-state index < -0.39 is 0 Å². The van der Waals surface area contributed by atoms with Crippen molar-refractivity contribution in [1.82, 2.24) is 19.7 Å². The summed E-state index contributed by atoms with van der Waals surface area (Å²) in [6.45, 7) is 10.5. The minimum Gasteiger partial charge on any atom is -0.342 e. The highest BCUT2D eigenvalue weighted by Gasteiger charge is 2.24. The van der Waals surface area contributed by atoms with Gasteiger partial charge in [0.25, 0.3) is 5.91 Å². The Kier molecular flexibility index (Phi) is 6.10. The number of nitrogens with zero attached hydrogens (tertiary/aromatic N) is 4. The Hall–Kier alpha value is -1.95. The molecule has 0 saturated carbocycles. The van der Waals surface area contributed by atoms with Gasteiger partial charge in [-0.05, 0) is 32.9 Å². The molecule has 2 amide bonds. The lowest BCUT2D eigenvalue weighted by Crippen LogP contribution is -2.51. The van der Waals surface area contributed by atoms with Crippen LogP contribution in [0.2, 0.25) is 0 Å². The smallest absolute Gasteiger partial charge is 0.272 e. The molecule has 6 heteroatoms. The summed E-state index contributed by atoms with van der Waals surface area (Å²) in [5.74, 6) is 0.138. The number of likely N-dealkylation sites (N-methyl/N-ethyl adjacent to an activating group) is 1. The van der Waals surface area contributed by atoms with Gasteiger partial charge >= 0.3 is 0 Å². The van der Waals surface area contributed by atoms with Crippen molar-refractivity contribution in [2.75, 3.05) is 45.8 Å². The highest BCUT2D eigenvalue weighted by molar-refractivity contribution is 5.92. The lowest BCUT2D eigenvalue weighted by atomic mass is 10.2. The molecule has 0 bridgehead atoms. The molecule has 0 unspecified atom stereocenters. The fourth-order valence-corrected chi connectivity index (χ4v) is 2.80. The Bertz CT molecular complexity index is 549. The molecule has 23 heavy (non-hydrogen) atoms. The average Bonchev–Trinajstić information content (AvgIpc) is 2.56. The lowest BCUT2D eigenvalue weighted by Gasteiger charge is -2.35. The Balaban J connectivity index is 1.86. The molecule has 6 nitrogen and oxygen atoms in total. The van der Waals surface area contributed by atoms with Crippen LogP contribution >= 0.6 is 0 Å². The van der Waals surface area contributed by atoms with E-state index in [1.165, 1.54) is 0 Å². The summed E-state index contributed by atoms with van der Waals surface area (Å²) in [5, 5.41) is 0. The first kappa shape index (κ1) is 17.4. The Labute approximate surface area is 138 Å². The van der Waals surface area contributed by atoms with Crippen molar-refractivity contribution in [2.45, 2.75) is 20.8 Å². The normalized spacial score (nSPS) is 15.5. The standard InChI is InChI=1S/C17H26N4O2/c1-4-20(5-2)16(22)13-19-9-11-21(12-10-19)17(23)15-8-6-7-14(3)18-15/h6-8H,4-5,9-13H2,1-3H3. The maximum Gasteiger partial charge on any atom is 0.272 e. The minimum atomic E-state index is -0.0246. The van der Waals surface area contributed by atoms with E-state index in [-0.39, 0.29) is 11.8 Å². The van der Waals surface area contributed by atoms with Crippen molar-refractivity contribution in [3.63, 3.8) is 0 Å². The third-order valence-electron chi connectivity index (χ3n) is 4.24. The number of hydrogen-bond acceptors (Lipinski definition) is 4. The Morgan fingerprint density at radius 2 is 1.78 bits per heavy atom. The number of aryl methyl sites for hydroxylation is 1. The van der Waals surface area contributed by atoms with E-state index in [1.54, 1.807) is 6.07 Å². The van der Waals surface area contributed by atoms with Crippen molar-refractivity contribution < 1.29 is 9.59 Å². The minimum absolute atomic E-state index is 0.0246. The molecule has 126 valence electrons. The van der Waals surface area contributed by atoms with Gasteiger partial charge in [0.05, 0.1) is 6.54 Å². The molecule has 1 fully saturated rings. The summed E-state index contributed by atoms with van der Waals surface area (Å²) in [6.07, 6.45) is 0. The zero-order valence-corrected chi connectivity index (χ0v) is 14.3.